The predicted octanol–water partition coefficient (Wildman–Crippen LogP) is 0.869. The lowest BCUT2D eigenvalue weighted by molar-refractivity contribution is -0.139. The Bertz CT molecular complexity index is 563. The van der Waals surface area contributed by atoms with Crippen molar-refractivity contribution in [1.82, 2.24) is 15.5 Å². The topological polar surface area (TPSA) is 64.7 Å². The molecule has 2 amide bonds. The van der Waals surface area contributed by atoms with Crippen LogP contribution < -0.4 is 15.5 Å². The minimum atomic E-state index is -0.560. The molecular formula is C19H30N4O2. The molecule has 2 N–H and O–H groups in total. The van der Waals surface area contributed by atoms with E-state index in [-0.39, 0.29) is 0 Å². The smallest absolute Gasteiger partial charge is 0.309 e. The molecule has 6 nitrogen and oxygen atoms in total. The molecule has 0 aliphatic carbocycles. The molecule has 1 aliphatic rings. The first-order chi connectivity index (χ1) is 12.0. The molecule has 0 saturated carbocycles. The molecule has 1 aromatic carbocycles. The highest BCUT2D eigenvalue weighted by molar-refractivity contribution is 6.35. The summed E-state index contributed by atoms with van der Waals surface area (Å²) in [5.74, 6) is -0.788. The number of hydrogen-bond donors (Lipinski definition) is 2. The summed E-state index contributed by atoms with van der Waals surface area (Å²) in [5, 5.41) is 5.29. The number of piperazine rings is 1. The number of carbonyl (C=O) groups is 2. The molecule has 1 aromatic rings. The second kappa shape index (κ2) is 9.42. The first-order valence-electron chi connectivity index (χ1n) is 9.04. The van der Waals surface area contributed by atoms with Gasteiger partial charge < -0.3 is 20.4 Å². The predicted molar refractivity (Wildman–Crippen MR) is 101 cm³/mol. The maximum atomic E-state index is 11.7. The van der Waals surface area contributed by atoms with Crippen LogP contribution in [-0.2, 0) is 16.0 Å². The average Bonchev–Trinajstić information content (AvgIpc) is 2.61. The fourth-order valence-corrected chi connectivity index (χ4v) is 2.72. The van der Waals surface area contributed by atoms with Crippen LogP contribution in [0.25, 0.3) is 0 Å². The Morgan fingerprint density at radius 1 is 1.00 bits per heavy atom. The zero-order chi connectivity index (χ0) is 18.2. The van der Waals surface area contributed by atoms with Gasteiger partial charge in [-0.15, -0.1) is 0 Å². The SMILES string of the molecule is CC(C)CNC(=O)C(=O)NCCc1ccc(N2CCN(C)CC2)cc1. The number of likely N-dealkylation sites (N-methyl/N-ethyl adjacent to an activating group) is 1. The van der Waals surface area contributed by atoms with Crippen molar-refractivity contribution in [3.8, 4) is 0 Å². The van der Waals surface area contributed by atoms with E-state index >= 15 is 0 Å². The lowest BCUT2D eigenvalue weighted by Gasteiger charge is -2.34. The van der Waals surface area contributed by atoms with Crippen LogP contribution in [0.2, 0.25) is 0 Å². The number of benzene rings is 1. The van der Waals surface area contributed by atoms with E-state index in [4.69, 9.17) is 0 Å². The van der Waals surface area contributed by atoms with Crippen LogP contribution in [0.5, 0.6) is 0 Å². The van der Waals surface area contributed by atoms with Gasteiger partial charge in [-0.3, -0.25) is 9.59 Å². The van der Waals surface area contributed by atoms with Crippen LogP contribution in [0.15, 0.2) is 24.3 Å². The monoisotopic (exact) mass is 346 g/mol. The van der Waals surface area contributed by atoms with Crippen molar-refractivity contribution in [2.24, 2.45) is 5.92 Å². The van der Waals surface area contributed by atoms with E-state index in [9.17, 15) is 9.59 Å². The van der Waals surface area contributed by atoms with E-state index in [1.807, 2.05) is 13.8 Å². The third kappa shape index (κ3) is 6.38. The van der Waals surface area contributed by atoms with Crippen molar-refractivity contribution in [3.63, 3.8) is 0 Å². The summed E-state index contributed by atoms with van der Waals surface area (Å²) in [6.45, 7) is 9.24. The third-order valence-corrected chi connectivity index (χ3v) is 4.38. The molecule has 1 aliphatic heterocycles. The molecule has 0 spiro atoms. The van der Waals surface area contributed by atoms with Gasteiger partial charge in [-0.05, 0) is 37.1 Å². The van der Waals surface area contributed by atoms with Gasteiger partial charge in [-0.2, -0.15) is 0 Å². The fourth-order valence-electron chi connectivity index (χ4n) is 2.72. The summed E-state index contributed by atoms with van der Waals surface area (Å²) in [6, 6.07) is 8.47. The summed E-state index contributed by atoms with van der Waals surface area (Å²) in [4.78, 5) is 28.0. The van der Waals surface area contributed by atoms with Crippen molar-refractivity contribution in [3.05, 3.63) is 29.8 Å². The molecule has 1 heterocycles. The number of nitrogens with zero attached hydrogens (tertiary/aromatic N) is 2. The van der Waals surface area contributed by atoms with Gasteiger partial charge >= 0.3 is 11.8 Å². The third-order valence-electron chi connectivity index (χ3n) is 4.38. The van der Waals surface area contributed by atoms with E-state index in [1.54, 1.807) is 0 Å². The van der Waals surface area contributed by atoms with Crippen molar-refractivity contribution < 1.29 is 9.59 Å². The van der Waals surface area contributed by atoms with Gasteiger partial charge in [-0.25, -0.2) is 0 Å². The quantitative estimate of drug-likeness (QED) is 0.750. The summed E-state index contributed by atoms with van der Waals surface area (Å²) < 4.78 is 0. The second-order valence-corrected chi connectivity index (χ2v) is 7.07. The van der Waals surface area contributed by atoms with Gasteiger partial charge in [0.15, 0.2) is 0 Å². The van der Waals surface area contributed by atoms with Crippen LogP contribution in [-0.4, -0.2) is 63.0 Å². The van der Waals surface area contributed by atoms with E-state index in [0.29, 0.717) is 25.4 Å². The first kappa shape index (κ1) is 19.2. The lowest BCUT2D eigenvalue weighted by atomic mass is 10.1. The number of amides is 2. The van der Waals surface area contributed by atoms with Crippen LogP contribution in [0.4, 0.5) is 5.69 Å². The average molecular weight is 346 g/mol. The van der Waals surface area contributed by atoms with Gasteiger partial charge in [0.25, 0.3) is 0 Å². The molecule has 1 saturated heterocycles. The normalized spacial score (nSPS) is 15.3. The number of nitrogens with one attached hydrogen (secondary N) is 2. The molecule has 2 rings (SSSR count). The summed E-state index contributed by atoms with van der Waals surface area (Å²) in [5.41, 5.74) is 2.40. The maximum absolute atomic E-state index is 11.7. The lowest BCUT2D eigenvalue weighted by Crippen LogP contribution is -2.44. The van der Waals surface area contributed by atoms with Crippen molar-refractivity contribution >= 4 is 17.5 Å². The zero-order valence-electron chi connectivity index (χ0n) is 15.5. The largest absolute Gasteiger partial charge is 0.369 e. The Morgan fingerprint density at radius 3 is 2.20 bits per heavy atom. The highest BCUT2D eigenvalue weighted by atomic mass is 16.2. The molecule has 1 fully saturated rings. The van der Waals surface area contributed by atoms with Crippen molar-refractivity contribution in [2.45, 2.75) is 20.3 Å². The Balaban J connectivity index is 1.72. The highest BCUT2D eigenvalue weighted by Gasteiger charge is 2.14. The highest BCUT2D eigenvalue weighted by Crippen LogP contribution is 2.17. The summed E-state index contributed by atoms with van der Waals surface area (Å²) >= 11 is 0. The van der Waals surface area contributed by atoms with Crippen LogP contribution in [0.3, 0.4) is 0 Å². The molecule has 0 aromatic heterocycles. The van der Waals surface area contributed by atoms with Crippen LogP contribution >= 0.6 is 0 Å². The van der Waals surface area contributed by atoms with Crippen molar-refractivity contribution in [2.75, 3.05) is 51.2 Å². The summed E-state index contributed by atoms with van der Waals surface area (Å²) in [7, 11) is 2.15. The first-order valence-corrected chi connectivity index (χ1v) is 9.04. The second-order valence-electron chi connectivity index (χ2n) is 7.07. The van der Waals surface area contributed by atoms with Gasteiger partial charge in [0.2, 0.25) is 0 Å². The fraction of sp³-hybridized carbons (Fsp3) is 0.579. The van der Waals surface area contributed by atoms with Gasteiger partial charge in [-0.1, -0.05) is 26.0 Å². The molecule has 6 heteroatoms. The molecule has 0 bridgehead atoms. The molecular weight excluding hydrogens is 316 g/mol. The minimum absolute atomic E-state index is 0.329. The molecule has 0 atom stereocenters. The van der Waals surface area contributed by atoms with E-state index in [1.165, 1.54) is 5.69 Å². The van der Waals surface area contributed by atoms with E-state index in [0.717, 1.165) is 31.7 Å². The standard InChI is InChI=1S/C19H30N4O2/c1-15(2)14-21-19(25)18(24)20-9-8-16-4-6-17(7-5-16)23-12-10-22(3)11-13-23/h4-7,15H,8-14H2,1-3H3,(H,20,24)(H,21,25). The molecule has 0 unspecified atom stereocenters. The van der Waals surface area contributed by atoms with E-state index < -0.39 is 11.8 Å². The Labute approximate surface area is 150 Å². The minimum Gasteiger partial charge on any atom is -0.369 e. The molecule has 0 radical (unpaired) electrons. The number of carbonyl (C=O) groups excluding carboxylic acids is 2. The molecule has 138 valence electrons. The Morgan fingerprint density at radius 2 is 1.60 bits per heavy atom. The number of anilines is 1. The van der Waals surface area contributed by atoms with E-state index in [2.05, 4.69) is 51.7 Å². The Kier molecular flexibility index (Phi) is 7.25. The number of rotatable bonds is 6. The zero-order valence-corrected chi connectivity index (χ0v) is 15.5. The van der Waals surface area contributed by atoms with Gasteiger partial charge in [0.1, 0.15) is 0 Å². The number of hydrogen-bond acceptors (Lipinski definition) is 4. The van der Waals surface area contributed by atoms with Crippen LogP contribution in [0.1, 0.15) is 19.4 Å². The van der Waals surface area contributed by atoms with Crippen LogP contribution in [0, 0.1) is 5.92 Å². The molecule has 25 heavy (non-hydrogen) atoms. The van der Waals surface area contributed by atoms with Gasteiger partial charge in [0, 0.05) is 45.0 Å². The Hall–Kier alpha value is -2.08. The summed E-state index contributed by atoms with van der Waals surface area (Å²) in [6.07, 6.45) is 0.715. The maximum Gasteiger partial charge on any atom is 0.309 e. The van der Waals surface area contributed by atoms with Crippen molar-refractivity contribution in [1.29, 1.82) is 0 Å². The van der Waals surface area contributed by atoms with Gasteiger partial charge in [0.05, 0.1) is 0 Å².